The molecular formula is C13H16ClN3. The lowest BCUT2D eigenvalue weighted by molar-refractivity contribution is 0.884. The first kappa shape index (κ1) is 12.1. The van der Waals surface area contributed by atoms with Gasteiger partial charge in [0.05, 0.1) is 11.4 Å². The Balaban J connectivity index is 2.09. The molecule has 2 rings (SSSR count). The molecule has 1 aromatic heterocycles. The summed E-state index contributed by atoms with van der Waals surface area (Å²) in [5.74, 6) is 0.916. The van der Waals surface area contributed by atoms with Crippen molar-refractivity contribution in [1.82, 2.24) is 9.97 Å². The average Bonchev–Trinajstić information content (AvgIpc) is 2.69. The number of halogens is 1. The Morgan fingerprint density at radius 3 is 2.76 bits per heavy atom. The lowest BCUT2D eigenvalue weighted by Crippen LogP contribution is -2.02. The second-order valence-electron chi connectivity index (χ2n) is 4.04. The van der Waals surface area contributed by atoms with Gasteiger partial charge in [-0.1, -0.05) is 29.8 Å². The highest BCUT2D eigenvalue weighted by atomic mass is 35.5. The molecule has 0 bridgehead atoms. The molecule has 0 radical (unpaired) electrons. The number of aromatic nitrogens is 2. The first-order valence-corrected chi connectivity index (χ1v) is 6.06. The van der Waals surface area contributed by atoms with Crippen molar-refractivity contribution in [3.8, 4) is 0 Å². The Labute approximate surface area is 106 Å². The van der Waals surface area contributed by atoms with E-state index in [4.69, 9.17) is 17.3 Å². The largest absolute Gasteiger partial charge is 0.345 e. The highest BCUT2D eigenvalue weighted by Crippen LogP contribution is 2.17. The lowest BCUT2D eigenvalue weighted by Gasteiger charge is -2.03. The smallest absolute Gasteiger partial charge is 0.103 e. The average molecular weight is 250 g/mol. The van der Waals surface area contributed by atoms with Gasteiger partial charge in [-0.15, -0.1) is 0 Å². The summed E-state index contributed by atoms with van der Waals surface area (Å²) in [6, 6.07) is 7.90. The number of nitrogens with one attached hydrogen (secondary N) is 1. The summed E-state index contributed by atoms with van der Waals surface area (Å²) in [6.45, 7) is 2.44. The molecule has 0 atom stereocenters. The number of nitrogens with two attached hydrogens (primary N) is 1. The second-order valence-corrected chi connectivity index (χ2v) is 4.45. The fourth-order valence-electron chi connectivity index (χ4n) is 1.92. The number of aryl methyl sites for hydroxylation is 3. The molecular weight excluding hydrogens is 234 g/mol. The predicted molar refractivity (Wildman–Crippen MR) is 70.1 cm³/mol. The minimum atomic E-state index is 0.499. The van der Waals surface area contributed by atoms with E-state index in [1.165, 1.54) is 0 Å². The van der Waals surface area contributed by atoms with E-state index in [0.717, 1.165) is 40.6 Å². The molecule has 0 saturated carbocycles. The van der Waals surface area contributed by atoms with Gasteiger partial charge in [-0.3, -0.25) is 0 Å². The summed E-state index contributed by atoms with van der Waals surface area (Å²) < 4.78 is 0. The first-order valence-electron chi connectivity index (χ1n) is 5.68. The van der Waals surface area contributed by atoms with Crippen LogP contribution < -0.4 is 5.73 Å². The minimum absolute atomic E-state index is 0.499. The molecule has 2 aromatic rings. The normalized spacial score (nSPS) is 10.8. The number of imidazole rings is 1. The van der Waals surface area contributed by atoms with Crippen LogP contribution in [0.15, 0.2) is 24.3 Å². The van der Waals surface area contributed by atoms with Crippen LogP contribution in [0.2, 0.25) is 5.02 Å². The molecule has 0 aliphatic carbocycles. The molecule has 1 aromatic carbocycles. The molecule has 0 aliphatic heterocycles. The summed E-state index contributed by atoms with van der Waals surface area (Å²) in [5, 5.41) is 0.814. The summed E-state index contributed by atoms with van der Waals surface area (Å²) in [5.41, 5.74) is 8.89. The van der Waals surface area contributed by atoms with Gasteiger partial charge in [-0.05, 0) is 31.4 Å². The van der Waals surface area contributed by atoms with E-state index in [1.54, 1.807) is 0 Å². The zero-order valence-electron chi connectivity index (χ0n) is 9.83. The maximum Gasteiger partial charge on any atom is 0.103 e. The zero-order valence-corrected chi connectivity index (χ0v) is 10.6. The third-order valence-corrected chi connectivity index (χ3v) is 3.14. The highest BCUT2D eigenvalue weighted by molar-refractivity contribution is 6.31. The number of nitrogens with zero attached hydrogens (tertiary/aromatic N) is 1. The van der Waals surface area contributed by atoms with Crippen molar-refractivity contribution in [3.05, 3.63) is 52.1 Å². The molecule has 3 N–H and O–H groups in total. The van der Waals surface area contributed by atoms with Crippen molar-refractivity contribution in [2.24, 2.45) is 5.73 Å². The van der Waals surface area contributed by atoms with Gasteiger partial charge in [0.25, 0.3) is 0 Å². The minimum Gasteiger partial charge on any atom is -0.345 e. The summed E-state index contributed by atoms with van der Waals surface area (Å²) in [4.78, 5) is 7.62. The van der Waals surface area contributed by atoms with Crippen molar-refractivity contribution < 1.29 is 0 Å². The predicted octanol–water partition coefficient (Wildman–Crippen LogP) is 2.62. The first-order chi connectivity index (χ1) is 8.20. The number of aromatic amines is 1. The van der Waals surface area contributed by atoms with Crippen molar-refractivity contribution in [3.63, 3.8) is 0 Å². The number of rotatable bonds is 4. The van der Waals surface area contributed by atoms with Gasteiger partial charge in [0.2, 0.25) is 0 Å². The van der Waals surface area contributed by atoms with E-state index in [1.807, 2.05) is 31.2 Å². The third-order valence-electron chi connectivity index (χ3n) is 2.78. The van der Waals surface area contributed by atoms with Gasteiger partial charge in [0, 0.05) is 11.6 Å². The van der Waals surface area contributed by atoms with E-state index in [-0.39, 0.29) is 0 Å². The molecule has 0 unspecified atom stereocenters. The molecule has 17 heavy (non-hydrogen) atoms. The van der Waals surface area contributed by atoms with Gasteiger partial charge >= 0.3 is 0 Å². The molecule has 0 fully saturated rings. The Hall–Kier alpha value is -1.32. The van der Waals surface area contributed by atoms with Crippen LogP contribution in [0.5, 0.6) is 0 Å². The highest BCUT2D eigenvalue weighted by Gasteiger charge is 2.07. The fourth-order valence-corrected chi connectivity index (χ4v) is 2.15. The molecule has 0 aliphatic rings. The van der Waals surface area contributed by atoms with Crippen LogP contribution in [-0.2, 0) is 19.4 Å². The van der Waals surface area contributed by atoms with Crippen LogP contribution in [0.25, 0.3) is 0 Å². The molecule has 3 nitrogen and oxygen atoms in total. The molecule has 0 spiro atoms. The van der Waals surface area contributed by atoms with Gasteiger partial charge in [-0.25, -0.2) is 4.98 Å². The Morgan fingerprint density at radius 1 is 1.29 bits per heavy atom. The number of H-pyrrole nitrogens is 1. The fraction of sp³-hybridized carbons (Fsp3) is 0.308. The van der Waals surface area contributed by atoms with E-state index < -0.39 is 0 Å². The Morgan fingerprint density at radius 2 is 2.06 bits per heavy atom. The number of benzene rings is 1. The Kier molecular flexibility index (Phi) is 3.82. The molecule has 0 saturated heterocycles. The molecule has 0 amide bonds. The van der Waals surface area contributed by atoms with Crippen LogP contribution in [0.3, 0.4) is 0 Å². The van der Waals surface area contributed by atoms with Crippen LogP contribution in [0.1, 0.15) is 22.8 Å². The number of hydrogen-bond donors (Lipinski definition) is 2. The van der Waals surface area contributed by atoms with E-state index >= 15 is 0 Å². The van der Waals surface area contributed by atoms with E-state index in [0.29, 0.717) is 6.54 Å². The van der Waals surface area contributed by atoms with Gasteiger partial charge in [0.15, 0.2) is 0 Å². The number of hydrogen-bond acceptors (Lipinski definition) is 2. The van der Waals surface area contributed by atoms with E-state index in [2.05, 4.69) is 9.97 Å². The van der Waals surface area contributed by atoms with Crippen molar-refractivity contribution in [2.75, 3.05) is 0 Å². The van der Waals surface area contributed by atoms with Crippen LogP contribution in [-0.4, -0.2) is 9.97 Å². The topological polar surface area (TPSA) is 54.7 Å². The Bertz CT molecular complexity index is 505. The van der Waals surface area contributed by atoms with Crippen molar-refractivity contribution in [1.29, 1.82) is 0 Å². The zero-order chi connectivity index (χ0) is 12.3. The van der Waals surface area contributed by atoms with Crippen molar-refractivity contribution >= 4 is 11.6 Å². The van der Waals surface area contributed by atoms with Crippen molar-refractivity contribution in [2.45, 2.75) is 26.3 Å². The summed E-state index contributed by atoms with van der Waals surface area (Å²) >= 11 is 6.12. The summed E-state index contributed by atoms with van der Waals surface area (Å²) in [7, 11) is 0. The monoisotopic (exact) mass is 249 g/mol. The molecule has 1 heterocycles. The molecule has 4 heteroatoms. The SMILES string of the molecule is Cc1nc(CCc2ccccc2Cl)c(CN)[nH]1. The van der Waals surface area contributed by atoms with Crippen LogP contribution in [0.4, 0.5) is 0 Å². The quantitative estimate of drug-likeness (QED) is 0.875. The maximum absolute atomic E-state index is 6.12. The summed E-state index contributed by atoms with van der Waals surface area (Å²) in [6.07, 6.45) is 1.75. The van der Waals surface area contributed by atoms with E-state index in [9.17, 15) is 0 Å². The van der Waals surface area contributed by atoms with Gasteiger partial charge in [-0.2, -0.15) is 0 Å². The van der Waals surface area contributed by atoms with Crippen LogP contribution >= 0.6 is 11.6 Å². The van der Waals surface area contributed by atoms with Gasteiger partial charge < -0.3 is 10.7 Å². The van der Waals surface area contributed by atoms with Crippen LogP contribution in [0, 0.1) is 6.92 Å². The lowest BCUT2D eigenvalue weighted by atomic mass is 10.1. The van der Waals surface area contributed by atoms with Gasteiger partial charge in [0.1, 0.15) is 5.82 Å². The molecule has 90 valence electrons. The maximum atomic E-state index is 6.12. The second kappa shape index (κ2) is 5.34. The third kappa shape index (κ3) is 2.87. The standard InChI is InChI=1S/C13H16ClN3/c1-9-16-12(13(8-15)17-9)7-6-10-4-2-3-5-11(10)14/h2-5H,6-8,15H2,1H3,(H,16,17).